The molecular formula is C14H14N2O3S2. The zero-order valence-corrected chi connectivity index (χ0v) is 13.1. The van der Waals surface area contributed by atoms with E-state index in [0.717, 1.165) is 0 Å². The van der Waals surface area contributed by atoms with Crippen molar-refractivity contribution in [2.75, 3.05) is 19.5 Å². The molecule has 0 saturated carbocycles. The van der Waals surface area contributed by atoms with Crippen LogP contribution >= 0.6 is 23.6 Å². The van der Waals surface area contributed by atoms with Crippen LogP contribution in [0, 0.1) is 0 Å². The van der Waals surface area contributed by atoms with E-state index in [2.05, 4.69) is 10.6 Å². The number of benzene rings is 1. The van der Waals surface area contributed by atoms with Crippen LogP contribution in [-0.2, 0) is 0 Å². The van der Waals surface area contributed by atoms with Crippen LogP contribution < -0.4 is 20.1 Å². The molecule has 0 spiro atoms. The van der Waals surface area contributed by atoms with Gasteiger partial charge in [0, 0.05) is 6.07 Å². The fourth-order valence-corrected chi connectivity index (χ4v) is 2.45. The molecule has 0 saturated heterocycles. The number of methoxy groups -OCH3 is 2. The number of hydrogen-bond donors (Lipinski definition) is 2. The lowest BCUT2D eigenvalue weighted by atomic mass is 10.2. The van der Waals surface area contributed by atoms with Crippen LogP contribution in [0.1, 0.15) is 9.67 Å². The highest BCUT2D eigenvalue weighted by molar-refractivity contribution is 7.80. The summed E-state index contributed by atoms with van der Waals surface area (Å²) < 4.78 is 10.4. The Bertz CT molecular complexity index is 642. The Morgan fingerprint density at radius 2 is 2.05 bits per heavy atom. The van der Waals surface area contributed by atoms with Gasteiger partial charge in [-0.3, -0.25) is 10.1 Å². The average molecular weight is 322 g/mol. The number of thiophene rings is 1. The summed E-state index contributed by atoms with van der Waals surface area (Å²) in [4.78, 5) is 12.5. The molecular weight excluding hydrogens is 308 g/mol. The van der Waals surface area contributed by atoms with Gasteiger partial charge in [-0.25, -0.2) is 0 Å². The van der Waals surface area contributed by atoms with Gasteiger partial charge in [0.1, 0.15) is 11.5 Å². The molecule has 1 heterocycles. The smallest absolute Gasteiger partial charge is 0.267 e. The van der Waals surface area contributed by atoms with Crippen molar-refractivity contribution >= 4 is 40.3 Å². The maximum absolute atomic E-state index is 11.9. The highest BCUT2D eigenvalue weighted by atomic mass is 32.1. The van der Waals surface area contributed by atoms with Crippen molar-refractivity contribution in [3.8, 4) is 11.5 Å². The molecule has 0 atom stereocenters. The number of rotatable bonds is 4. The van der Waals surface area contributed by atoms with Gasteiger partial charge in [-0.15, -0.1) is 11.3 Å². The topological polar surface area (TPSA) is 59.6 Å². The zero-order chi connectivity index (χ0) is 15.2. The van der Waals surface area contributed by atoms with E-state index in [0.29, 0.717) is 22.1 Å². The molecule has 7 heteroatoms. The lowest BCUT2D eigenvalue weighted by Crippen LogP contribution is -2.33. The second kappa shape index (κ2) is 7.05. The third kappa shape index (κ3) is 3.93. The van der Waals surface area contributed by atoms with Crippen LogP contribution in [-0.4, -0.2) is 25.2 Å². The highest BCUT2D eigenvalue weighted by Gasteiger charge is 2.11. The van der Waals surface area contributed by atoms with Crippen molar-refractivity contribution < 1.29 is 14.3 Å². The van der Waals surface area contributed by atoms with Gasteiger partial charge in [-0.1, -0.05) is 6.07 Å². The Balaban J connectivity index is 2.04. The van der Waals surface area contributed by atoms with Crippen molar-refractivity contribution in [3.63, 3.8) is 0 Å². The quantitative estimate of drug-likeness (QED) is 0.848. The van der Waals surface area contributed by atoms with E-state index in [1.54, 1.807) is 38.5 Å². The van der Waals surface area contributed by atoms with Gasteiger partial charge in [-0.2, -0.15) is 0 Å². The van der Waals surface area contributed by atoms with Crippen LogP contribution in [0.3, 0.4) is 0 Å². The van der Waals surface area contributed by atoms with E-state index in [1.165, 1.54) is 11.3 Å². The van der Waals surface area contributed by atoms with Gasteiger partial charge < -0.3 is 14.8 Å². The molecule has 0 fully saturated rings. The first-order chi connectivity index (χ1) is 10.1. The highest BCUT2D eigenvalue weighted by Crippen LogP contribution is 2.28. The number of hydrogen-bond acceptors (Lipinski definition) is 5. The molecule has 1 aromatic heterocycles. The molecule has 2 aromatic rings. The number of anilines is 1. The molecule has 0 bridgehead atoms. The number of nitrogens with one attached hydrogen (secondary N) is 2. The number of carbonyl (C=O) groups excluding carboxylic acids is 1. The standard InChI is InChI=1S/C14H14N2O3S2/c1-18-9-5-6-10(11(8-9)19-2)15-14(20)16-13(17)12-4-3-7-21-12/h3-8H,1-2H3,(H2,15,16,17,20). The Kier molecular flexibility index (Phi) is 5.13. The Hall–Kier alpha value is -2.12. The molecule has 110 valence electrons. The molecule has 0 aliphatic heterocycles. The van der Waals surface area contributed by atoms with Gasteiger partial charge in [0.15, 0.2) is 5.11 Å². The molecule has 5 nitrogen and oxygen atoms in total. The largest absolute Gasteiger partial charge is 0.497 e. The summed E-state index contributed by atoms with van der Waals surface area (Å²) in [6.07, 6.45) is 0. The van der Waals surface area contributed by atoms with Gasteiger partial charge in [0.25, 0.3) is 5.91 Å². The molecule has 0 aliphatic rings. The number of ether oxygens (including phenoxy) is 2. The second-order valence-corrected chi connectivity index (χ2v) is 5.31. The average Bonchev–Trinajstić information content (AvgIpc) is 3.01. The summed E-state index contributed by atoms with van der Waals surface area (Å²) in [7, 11) is 3.13. The molecule has 1 aromatic carbocycles. The van der Waals surface area contributed by atoms with Gasteiger partial charge in [0.2, 0.25) is 0 Å². The van der Waals surface area contributed by atoms with Gasteiger partial charge in [0.05, 0.1) is 24.8 Å². The number of thiocarbonyl (C=S) groups is 1. The maximum Gasteiger partial charge on any atom is 0.267 e. The Morgan fingerprint density at radius 1 is 1.24 bits per heavy atom. The Labute approximate surface area is 131 Å². The minimum Gasteiger partial charge on any atom is -0.497 e. The third-order valence-corrected chi connectivity index (χ3v) is 3.70. The van der Waals surface area contributed by atoms with Crippen LogP contribution in [0.4, 0.5) is 5.69 Å². The van der Waals surface area contributed by atoms with E-state index in [1.807, 2.05) is 11.4 Å². The third-order valence-electron chi connectivity index (χ3n) is 2.63. The van der Waals surface area contributed by atoms with E-state index in [9.17, 15) is 4.79 Å². The Morgan fingerprint density at radius 3 is 2.67 bits per heavy atom. The zero-order valence-electron chi connectivity index (χ0n) is 11.5. The summed E-state index contributed by atoms with van der Waals surface area (Å²) in [6, 6.07) is 8.81. The van der Waals surface area contributed by atoms with E-state index >= 15 is 0 Å². The van der Waals surface area contributed by atoms with Crippen molar-refractivity contribution in [1.82, 2.24) is 5.32 Å². The molecule has 0 radical (unpaired) electrons. The lowest BCUT2D eigenvalue weighted by molar-refractivity contribution is 0.0981. The van der Waals surface area contributed by atoms with Crippen LogP contribution in [0.15, 0.2) is 35.7 Å². The van der Waals surface area contributed by atoms with Crippen LogP contribution in [0.2, 0.25) is 0 Å². The monoisotopic (exact) mass is 322 g/mol. The summed E-state index contributed by atoms with van der Waals surface area (Å²) in [5.74, 6) is 1.00. The van der Waals surface area contributed by atoms with Gasteiger partial charge in [-0.05, 0) is 35.8 Å². The minimum absolute atomic E-state index is 0.205. The fourth-order valence-electron chi connectivity index (χ4n) is 1.63. The van der Waals surface area contributed by atoms with Crippen molar-refractivity contribution in [2.45, 2.75) is 0 Å². The van der Waals surface area contributed by atoms with Crippen LogP contribution in [0.5, 0.6) is 11.5 Å². The van der Waals surface area contributed by atoms with E-state index in [-0.39, 0.29) is 11.0 Å². The molecule has 0 unspecified atom stereocenters. The number of amides is 1. The maximum atomic E-state index is 11.9. The first kappa shape index (κ1) is 15.3. The second-order valence-electron chi connectivity index (χ2n) is 3.95. The van der Waals surface area contributed by atoms with Crippen molar-refractivity contribution in [2.24, 2.45) is 0 Å². The predicted molar refractivity (Wildman–Crippen MR) is 87.6 cm³/mol. The normalized spacial score (nSPS) is 9.81. The van der Waals surface area contributed by atoms with Crippen molar-refractivity contribution in [3.05, 3.63) is 40.6 Å². The van der Waals surface area contributed by atoms with Crippen LogP contribution in [0.25, 0.3) is 0 Å². The SMILES string of the molecule is COc1ccc(NC(=S)NC(=O)c2cccs2)c(OC)c1. The summed E-state index contributed by atoms with van der Waals surface area (Å²) >= 11 is 6.48. The van der Waals surface area contributed by atoms with E-state index < -0.39 is 0 Å². The predicted octanol–water partition coefficient (Wildman–Crippen LogP) is 2.89. The van der Waals surface area contributed by atoms with Crippen molar-refractivity contribution in [1.29, 1.82) is 0 Å². The summed E-state index contributed by atoms with van der Waals surface area (Å²) in [5, 5.41) is 7.58. The summed E-state index contributed by atoms with van der Waals surface area (Å²) in [6.45, 7) is 0. The molecule has 2 rings (SSSR count). The van der Waals surface area contributed by atoms with E-state index in [4.69, 9.17) is 21.7 Å². The first-order valence-electron chi connectivity index (χ1n) is 6.02. The minimum atomic E-state index is -0.241. The molecule has 2 N–H and O–H groups in total. The first-order valence-corrected chi connectivity index (χ1v) is 7.30. The molecule has 0 aliphatic carbocycles. The van der Waals surface area contributed by atoms with Gasteiger partial charge >= 0.3 is 0 Å². The molecule has 21 heavy (non-hydrogen) atoms. The summed E-state index contributed by atoms with van der Waals surface area (Å²) in [5.41, 5.74) is 0.648. The molecule has 1 amide bonds. The fraction of sp³-hybridized carbons (Fsp3) is 0.143. The number of carbonyl (C=O) groups is 1. The lowest BCUT2D eigenvalue weighted by Gasteiger charge is -2.13.